The summed E-state index contributed by atoms with van der Waals surface area (Å²) in [4.78, 5) is 15.0. The van der Waals surface area contributed by atoms with Crippen molar-refractivity contribution in [2.24, 2.45) is 0 Å². The molecule has 1 aromatic heterocycles. The molecular formula is C16H18BrClN2OS. The highest BCUT2D eigenvalue weighted by Crippen LogP contribution is 2.23. The lowest BCUT2D eigenvalue weighted by Gasteiger charge is -2.20. The van der Waals surface area contributed by atoms with Crippen LogP contribution in [-0.2, 0) is 11.3 Å². The summed E-state index contributed by atoms with van der Waals surface area (Å²) >= 11 is 10.9. The van der Waals surface area contributed by atoms with E-state index in [9.17, 15) is 4.79 Å². The van der Waals surface area contributed by atoms with Gasteiger partial charge in [-0.15, -0.1) is 11.3 Å². The van der Waals surface area contributed by atoms with Gasteiger partial charge >= 0.3 is 0 Å². The monoisotopic (exact) mass is 400 g/mol. The molecule has 1 unspecified atom stereocenters. The van der Waals surface area contributed by atoms with E-state index < -0.39 is 0 Å². The normalized spacial score (nSPS) is 12.2. The number of rotatable bonds is 6. The topological polar surface area (TPSA) is 32.3 Å². The molecule has 6 heteroatoms. The Kier molecular flexibility index (Phi) is 6.44. The molecule has 1 heterocycles. The van der Waals surface area contributed by atoms with Crippen molar-refractivity contribution in [2.75, 3.05) is 13.6 Å². The third kappa shape index (κ3) is 4.81. The highest BCUT2D eigenvalue weighted by Gasteiger charge is 2.13. The van der Waals surface area contributed by atoms with Gasteiger partial charge in [0.15, 0.2) is 0 Å². The van der Waals surface area contributed by atoms with Crippen LogP contribution in [0.15, 0.2) is 40.9 Å². The summed E-state index contributed by atoms with van der Waals surface area (Å²) in [5, 5.41) is 3.27. The third-order valence-electron chi connectivity index (χ3n) is 3.38. The molecule has 3 nitrogen and oxygen atoms in total. The fraction of sp³-hybridized carbons (Fsp3) is 0.312. The van der Waals surface area contributed by atoms with E-state index in [1.54, 1.807) is 11.9 Å². The van der Waals surface area contributed by atoms with E-state index >= 15 is 0 Å². The Morgan fingerprint density at radius 3 is 2.73 bits per heavy atom. The van der Waals surface area contributed by atoms with Crippen molar-refractivity contribution in [3.05, 3.63) is 55.6 Å². The van der Waals surface area contributed by atoms with Gasteiger partial charge in [0.05, 0.1) is 17.4 Å². The van der Waals surface area contributed by atoms with Crippen LogP contribution in [0, 0.1) is 0 Å². The van der Waals surface area contributed by atoms with E-state index in [0.717, 1.165) is 19.2 Å². The molecule has 118 valence electrons. The first-order valence-corrected chi connectivity index (χ1v) is 8.92. The smallest absolute Gasteiger partial charge is 0.236 e. The Labute approximate surface area is 148 Å². The molecule has 1 atom stereocenters. The van der Waals surface area contributed by atoms with Crippen LogP contribution in [0.3, 0.4) is 0 Å². The summed E-state index contributed by atoms with van der Waals surface area (Å²) in [6, 6.07) is 11.9. The number of carbonyl (C=O) groups is 1. The first-order chi connectivity index (χ1) is 10.5. The Hall–Kier alpha value is -0.880. The summed E-state index contributed by atoms with van der Waals surface area (Å²) in [6.45, 7) is 2.94. The lowest BCUT2D eigenvalue weighted by atomic mass is 10.1. The van der Waals surface area contributed by atoms with Crippen LogP contribution >= 0.6 is 38.9 Å². The van der Waals surface area contributed by atoms with Gasteiger partial charge in [0.25, 0.3) is 0 Å². The number of hydrogen-bond acceptors (Lipinski definition) is 3. The Morgan fingerprint density at radius 1 is 1.36 bits per heavy atom. The van der Waals surface area contributed by atoms with Crippen LogP contribution in [0.25, 0.3) is 0 Å². The molecule has 1 amide bonds. The van der Waals surface area contributed by atoms with Gasteiger partial charge in [-0.3, -0.25) is 4.79 Å². The van der Waals surface area contributed by atoms with Crippen molar-refractivity contribution >= 4 is 44.8 Å². The van der Waals surface area contributed by atoms with E-state index in [-0.39, 0.29) is 11.9 Å². The zero-order chi connectivity index (χ0) is 16.1. The molecule has 0 spiro atoms. The first kappa shape index (κ1) is 17.5. The Morgan fingerprint density at radius 2 is 2.09 bits per heavy atom. The standard InChI is InChI=1S/C16H18BrClN2OS/c1-11(13-5-3-4-6-14(13)17)19-9-16(21)20(2)10-12-7-8-15(18)22-12/h3-8,11,19H,9-10H2,1-2H3. The Balaban J connectivity index is 1.85. The number of benzene rings is 1. The van der Waals surface area contributed by atoms with E-state index in [2.05, 4.69) is 21.2 Å². The summed E-state index contributed by atoms with van der Waals surface area (Å²) < 4.78 is 1.79. The van der Waals surface area contributed by atoms with Crippen molar-refractivity contribution in [1.82, 2.24) is 10.2 Å². The van der Waals surface area contributed by atoms with Crippen molar-refractivity contribution in [1.29, 1.82) is 0 Å². The maximum atomic E-state index is 12.2. The van der Waals surface area contributed by atoms with E-state index in [1.165, 1.54) is 11.3 Å². The molecule has 2 aromatic rings. The summed E-state index contributed by atoms with van der Waals surface area (Å²) in [5.41, 5.74) is 1.14. The number of halogens is 2. The summed E-state index contributed by atoms with van der Waals surface area (Å²) in [6.07, 6.45) is 0. The van der Waals surface area contributed by atoms with Crippen LogP contribution in [0.4, 0.5) is 0 Å². The lowest BCUT2D eigenvalue weighted by molar-refractivity contribution is -0.129. The average molecular weight is 402 g/mol. The molecule has 0 aliphatic rings. The minimum absolute atomic E-state index is 0.0587. The molecule has 0 saturated carbocycles. The lowest BCUT2D eigenvalue weighted by Crippen LogP contribution is -2.36. The van der Waals surface area contributed by atoms with Crippen molar-refractivity contribution < 1.29 is 4.79 Å². The van der Waals surface area contributed by atoms with Gasteiger partial charge in [-0.25, -0.2) is 0 Å². The summed E-state index contributed by atoms with van der Waals surface area (Å²) in [7, 11) is 1.81. The van der Waals surface area contributed by atoms with Crippen LogP contribution in [-0.4, -0.2) is 24.4 Å². The van der Waals surface area contributed by atoms with Gasteiger partial charge in [-0.05, 0) is 30.7 Å². The van der Waals surface area contributed by atoms with E-state index in [1.807, 2.05) is 43.3 Å². The molecular weight excluding hydrogens is 384 g/mol. The predicted octanol–water partition coefficient (Wildman–Crippen LogP) is 4.47. The van der Waals surface area contributed by atoms with Gasteiger partial charge in [0.1, 0.15) is 0 Å². The van der Waals surface area contributed by atoms with Gasteiger partial charge in [0, 0.05) is 22.4 Å². The number of amides is 1. The molecule has 0 bridgehead atoms. The zero-order valence-corrected chi connectivity index (χ0v) is 15.6. The molecule has 0 fully saturated rings. The van der Waals surface area contributed by atoms with Crippen molar-refractivity contribution in [3.63, 3.8) is 0 Å². The average Bonchev–Trinajstić information content (AvgIpc) is 2.90. The van der Waals surface area contributed by atoms with Crippen molar-refractivity contribution in [3.8, 4) is 0 Å². The zero-order valence-electron chi connectivity index (χ0n) is 12.5. The molecule has 0 aliphatic heterocycles. The Bertz CT molecular complexity index is 647. The molecule has 0 saturated heterocycles. The number of hydrogen-bond donors (Lipinski definition) is 1. The highest BCUT2D eigenvalue weighted by molar-refractivity contribution is 9.10. The van der Waals surface area contributed by atoms with Crippen LogP contribution < -0.4 is 5.32 Å². The molecule has 0 aliphatic carbocycles. The molecule has 0 radical (unpaired) electrons. The third-order valence-corrected chi connectivity index (χ3v) is 5.32. The number of thiophene rings is 1. The second-order valence-corrected chi connectivity index (χ2v) is 7.73. The predicted molar refractivity (Wildman–Crippen MR) is 96.4 cm³/mol. The van der Waals surface area contributed by atoms with E-state index in [0.29, 0.717) is 13.1 Å². The molecule has 22 heavy (non-hydrogen) atoms. The minimum atomic E-state index is 0.0587. The highest BCUT2D eigenvalue weighted by atomic mass is 79.9. The maximum Gasteiger partial charge on any atom is 0.236 e. The van der Waals surface area contributed by atoms with Crippen LogP contribution in [0.5, 0.6) is 0 Å². The van der Waals surface area contributed by atoms with Gasteiger partial charge < -0.3 is 10.2 Å². The van der Waals surface area contributed by atoms with Crippen molar-refractivity contribution in [2.45, 2.75) is 19.5 Å². The van der Waals surface area contributed by atoms with Gasteiger partial charge in [0.2, 0.25) is 5.91 Å². The second-order valence-electron chi connectivity index (χ2n) is 5.08. The van der Waals surface area contributed by atoms with Gasteiger partial charge in [-0.1, -0.05) is 45.7 Å². The molecule has 2 rings (SSSR count). The largest absolute Gasteiger partial charge is 0.340 e. The fourth-order valence-corrected chi connectivity index (χ4v) is 3.84. The second kappa shape index (κ2) is 8.11. The molecule has 1 N–H and O–H groups in total. The number of nitrogens with zero attached hydrogens (tertiary/aromatic N) is 1. The van der Waals surface area contributed by atoms with Crippen LogP contribution in [0.2, 0.25) is 4.34 Å². The van der Waals surface area contributed by atoms with Gasteiger partial charge in [-0.2, -0.15) is 0 Å². The fourth-order valence-electron chi connectivity index (χ4n) is 2.07. The quantitative estimate of drug-likeness (QED) is 0.774. The summed E-state index contributed by atoms with van der Waals surface area (Å²) in [5.74, 6) is 0.0587. The van der Waals surface area contributed by atoms with E-state index in [4.69, 9.17) is 11.6 Å². The minimum Gasteiger partial charge on any atom is -0.340 e. The first-order valence-electron chi connectivity index (χ1n) is 6.93. The number of carbonyl (C=O) groups excluding carboxylic acids is 1. The number of nitrogens with one attached hydrogen (secondary N) is 1. The SMILES string of the molecule is CC(NCC(=O)N(C)Cc1ccc(Cl)s1)c1ccccc1Br. The maximum absolute atomic E-state index is 12.2. The molecule has 1 aromatic carbocycles. The number of likely N-dealkylation sites (N-methyl/N-ethyl adjacent to an activating group) is 1. The van der Waals surface area contributed by atoms with Crippen LogP contribution in [0.1, 0.15) is 23.4 Å².